The molecule has 0 atom stereocenters. The highest BCUT2D eigenvalue weighted by molar-refractivity contribution is 7.80. The Balaban J connectivity index is 2.45. The van der Waals surface area contributed by atoms with Gasteiger partial charge < -0.3 is 15.5 Å². The van der Waals surface area contributed by atoms with Crippen LogP contribution in [0.5, 0.6) is 0 Å². The topological polar surface area (TPSA) is 27.3 Å². The van der Waals surface area contributed by atoms with Gasteiger partial charge in [0.25, 0.3) is 0 Å². The van der Waals surface area contributed by atoms with Crippen molar-refractivity contribution in [2.75, 3.05) is 32.5 Å². The second kappa shape index (κ2) is 6.51. The van der Waals surface area contributed by atoms with Gasteiger partial charge in [0.2, 0.25) is 0 Å². The molecule has 17 heavy (non-hydrogen) atoms. The molecule has 0 spiro atoms. The van der Waals surface area contributed by atoms with E-state index >= 15 is 0 Å². The average Bonchev–Trinajstić information content (AvgIpc) is 2.21. The second-order valence-electron chi connectivity index (χ2n) is 4.17. The van der Waals surface area contributed by atoms with E-state index in [0.717, 1.165) is 18.7 Å². The van der Waals surface area contributed by atoms with E-state index in [2.05, 4.69) is 10.6 Å². The number of benzene rings is 1. The van der Waals surface area contributed by atoms with Crippen LogP contribution in [0.1, 0.15) is 5.56 Å². The van der Waals surface area contributed by atoms with Crippen molar-refractivity contribution in [3.8, 4) is 0 Å². The standard InChI is InChI=1S/C12H18FN3S/c1-9-4-5-11(10(13)8-9)15-12(17)14-6-7-16(2)3/h4-5,8H,6-7H2,1-3H3,(H2,14,15,17). The number of anilines is 1. The Morgan fingerprint density at radius 1 is 1.41 bits per heavy atom. The van der Waals surface area contributed by atoms with E-state index in [9.17, 15) is 4.39 Å². The largest absolute Gasteiger partial charge is 0.361 e. The molecule has 5 heteroatoms. The molecule has 1 aromatic rings. The van der Waals surface area contributed by atoms with Gasteiger partial charge in [0.1, 0.15) is 5.82 Å². The van der Waals surface area contributed by atoms with Gasteiger partial charge in [-0.25, -0.2) is 4.39 Å². The van der Waals surface area contributed by atoms with Crippen LogP contribution >= 0.6 is 12.2 Å². The smallest absolute Gasteiger partial charge is 0.170 e. The fourth-order valence-corrected chi connectivity index (χ4v) is 1.49. The van der Waals surface area contributed by atoms with Crippen molar-refractivity contribution in [1.29, 1.82) is 0 Å². The number of rotatable bonds is 4. The maximum atomic E-state index is 13.5. The van der Waals surface area contributed by atoms with Gasteiger partial charge in [0, 0.05) is 13.1 Å². The summed E-state index contributed by atoms with van der Waals surface area (Å²) in [7, 11) is 3.97. The van der Waals surface area contributed by atoms with E-state index < -0.39 is 0 Å². The number of thiocarbonyl (C=S) groups is 1. The lowest BCUT2D eigenvalue weighted by Crippen LogP contribution is -2.34. The van der Waals surface area contributed by atoms with Crippen molar-refractivity contribution in [3.63, 3.8) is 0 Å². The summed E-state index contributed by atoms with van der Waals surface area (Å²) in [6, 6.07) is 5.00. The number of likely N-dealkylation sites (N-methyl/N-ethyl adjacent to an activating group) is 1. The van der Waals surface area contributed by atoms with Crippen molar-refractivity contribution >= 4 is 23.0 Å². The van der Waals surface area contributed by atoms with E-state index in [0.29, 0.717) is 10.8 Å². The molecule has 0 aliphatic carbocycles. The van der Waals surface area contributed by atoms with E-state index in [-0.39, 0.29) is 5.82 Å². The van der Waals surface area contributed by atoms with Gasteiger partial charge in [-0.15, -0.1) is 0 Å². The monoisotopic (exact) mass is 255 g/mol. The van der Waals surface area contributed by atoms with Gasteiger partial charge >= 0.3 is 0 Å². The summed E-state index contributed by atoms with van der Waals surface area (Å²) in [5.41, 5.74) is 1.29. The first-order valence-corrected chi connectivity index (χ1v) is 5.85. The van der Waals surface area contributed by atoms with Crippen LogP contribution in [0.3, 0.4) is 0 Å². The molecule has 0 unspecified atom stereocenters. The fourth-order valence-electron chi connectivity index (χ4n) is 1.28. The van der Waals surface area contributed by atoms with Gasteiger partial charge in [-0.1, -0.05) is 6.07 Å². The number of aryl methyl sites for hydroxylation is 1. The Kier molecular flexibility index (Phi) is 5.31. The lowest BCUT2D eigenvalue weighted by molar-refractivity contribution is 0.413. The van der Waals surface area contributed by atoms with Gasteiger partial charge in [-0.05, 0) is 50.9 Å². The summed E-state index contributed by atoms with van der Waals surface area (Å²) in [6.45, 7) is 3.45. The zero-order chi connectivity index (χ0) is 12.8. The van der Waals surface area contributed by atoms with Gasteiger partial charge in [-0.3, -0.25) is 0 Å². The predicted molar refractivity (Wildman–Crippen MR) is 73.9 cm³/mol. The number of halogens is 1. The molecule has 0 saturated heterocycles. The van der Waals surface area contributed by atoms with E-state index in [4.69, 9.17) is 12.2 Å². The summed E-state index contributed by atoms with van der Waals surface area (Å²) in [5.74, 6) is -0.290. The normalized spacial score (nSPS) is 10.4. The first kappa shape index (κ1) is 13.9. The third-order valence-electron chi connectivity index (χ3n) is 2.22. The SMILES string of the molecule is Cc1ccc(NC(=S)NCCN(C)C)c(F)c1. The van der Waals surface area contributed by atoms with E-state index in [1.54, 1.807) is 6.07 Å². The quantitative estimate of drug-likeness (QED) is 0.805. The highest BCUT2D eigenvalue weighted by atomic mass is 32.1. The van der Waals surface area contributed by atoms with Crippen molar-refractivity contribution in [3.05, 3.63) is 29.6 Å². The van der Waals surface area contributed by atoms with Crippen LogP contribution in [0.25, 0.3) is 0 Å². The number of nitrogens with zero attached hydrogens (tertiary/aromatic N) is 1. The molecule has 0 aliphatic rings. The molecule has 0 heterocycles. The van der Waals surface area contributed by atoms with Gasteiger partial charge in [0.15, 0.2) is 5.11 Å². The van der Waals surface area contributed by atoms with Gasteiger partial charge in [0.05, 0.1) is 5.69 Å². The zero-order valence-electron chi connectivity index (χ0n) is 10.4. The van der Waals surface area contributed by atoms with Crippen LogP contribution in [0.15, 0.2) is 18.2 Å². The molecule has 0 fully saturated rings. The summed E-state index contributed by atoms with van der Waals surface area (Å²) in [5, 5.41) is 6.29. The van der Waals surface area contributed by atoms with Crippen molar-refractivity contribution in [1.82, 2.24) is 10.2 Å². The molecular weight excluding hydrogens is 237 g/mol. The van der Waals surface area contributed by atoms with Crippen LogP contribution in [0, 0.1) is 12.7 Å². The van der Waals surface area contributed by atoms with E-state index in [1.165, 1.54) is 6.07 Å². The molecule has 0 saturated carbocycles. The summed E-state index contributed by atoms with van der Waals surface area (Å²) in [6.07, 6.45) is 0. The van der Waals surface area contributed by atoms with Crippen LogP contribution < -0.4 is 10.6 Å². The highest BCUT2D eigenvalue weighted by Crippen LogP contribution is 2.14. The Labute approximate surface area is 107 Å². The van der Waals surface area contributed by atoms with Crippen LogP contribution in [0.4, 0.5) is 10.1 Å². The molecule has 94 valence electrons. The Morgan fingerprint density at radius 3 is 2.71 bits per heavy atom. The highest BCUT2D eigenvalue weighted by Gasteiger charge is 2.03. The van der Waals surface area contributed by atoms with Crippen molar-refractivity contribution in [2.24, 2.45) is 0 Å². The van der Waals surface area contributed by atoms with Gasteiger partial charge in [-0.2, -0.15) is 0 Å². The predicted octanol–water partition coefficient (Wildman–Crippen LogP) is 1.98. The Hall–Kier alpha value is -1.20. The molecule has 0 amide bonds. The first-order valence-electron chi connectivity index (χ1n) is 5.45. The Bertz CT molecular complexity index is 393. The summed E-state index contributed by atoms with van der Waals surface area (Å²) >= 11 is 5.07. The average molecular weight is 255 g/mol. The lowest BCUT2D eigenvalue weighted by atomic mass is 10.2. The Morgan fingerprint density at radius 2 is 2.12 bits per heavy atom. The number of nitrogens with one attached hydrogen (secondary N) is 2. The zero-order valence-corrected chi connectivity index (χ0v) is 11.2. The summed E-state index contributed by atoms with van der Waals surface area (Å²) in [4.78, 5) is 2.04. The molecule has 3 nitrogen and oxygen atoms in total. The third kappa shape index (κ3) is 5.10. The molecular formula is C12H18FN3S. The van der Waals surface area contributed by atoms with Crippen LogP contribution in [-0.4, -0.2) is 37.2 Å². The molecule has 0 aliphatic heterocycles. The third-order valence-corrected chi connectivity index (χ3v) is 2.46. The molecule has 1 rings (SSSR count). The minimum Gasteiger partial charge on any atom is -0.361 e. The van der Waals surface area contributed by atoms with Crippen LogP contribution in [-0.2, 0) is 0 Å². The number of hydrogen-bond acceptors (Lipinski definition) is 2. The fraction of sp³-hybridized carbons (Fsp3) is 0.417. The van der Waals surface area contributed by atoms with Crippen LogP contribution in [0.2, 0.25) is 0 Å². The molecule has 1 aromatic carbocycles. The van der Waals surface area contributed by atoms with E-state index in [1.807, 2.05) is 32.0 Å². The maximum Gasteiger partial charge on any atom is 0.170 e. The molecule has 2 N–H and O–H groups in total. The molecule has 0 radical (unpaired) electrons. The summed E-state index contributed by atoms with van der Waals surface area (Å²) < 4.78 is 13.5. The molecule has 0 aromatic heterocycles. The second-order valence-corrected chi connectivity index (χ2v) is 4.58. The minimum atomic E-state index is -0.290. The maximum absolute atomic E-state index is 13.5. The lowest BCUT2D eigenvalue weighted by Gasteiger charge is -2.13. The first-order chi connectivity index (χ1) is 7.99. The number of hydrogen-bond donors (Lipinski definition) is 2. The molecule has 0 bridgehead atoms. The van der Waals surface area contributed by atoms with Crippen molar-refractivity contribution < 1.29 is 4.39 Å². The minimum absolute atomic E-state index is 0.290. The van der Waals surface area contributed by atoms with Crippen molar-refractivity contribution in [2.45, 2.75) is 6.92 Å².